The number of hydrogen-bond donors (Lipinski definition) is 3. The molecule has 0 spiro atoms. The molecule has 2 aromatic rings. The number of nitrogens with one attached hydrogen (secondary N) is 3. The summed E-state index contributed by atoms with van der Waals surface area (Å²) in [5.41, 5.74) is 1.88. The first-order valence-corrected chi connectivity index (χ1v) is 9.37. The number of ether oxygens (including phenoxy) is 2. The van der Waals surface area contributed by atoms with Gasteiger partial charge in [0, 0.05) is 31.5 Å². The maximum atomic E-state index is 12.2. The van der Waals surface area contributed by atoms with E-state index in [9.17, 15) is 9.59 Å². The van der Waals surface area contributed by atoms with Gasteiger partial charge in [-0.05, 0) is 42.8 Å². The Morgan fingerprint density at radius 1 is 1.10 bits per heavy atom. The van der Waals surface area contributed by atoms with Gasteiger partial charge in [0.05, 0.1) is 12.2 Å². The molecule has 0 aliphatic rings. The van der Waals surface area contributed by atoms with Gasteiger partial charge < -0.3 is 25.4 Å². The molecule has 0 fully saturated rings. The Morgan fingerprint density at radius 2 is 1.86 bits per heavy atom. The van der Waals surface area contributed by atoms with Gasteiger partial charge in [-0.25, -0.2) is 0 Å². The highest BCUT2D eigenvalue weighted by Gasteiger charge is 2.08. The van der Waals surface area contributed by atoms with E-state index < -0.39 is 0 Å². The van der Waals surface area contributed by atoms with Crippen molar-refractivity contribution in [2.24, 2.45) is 0 Å². The van der Waals surface area contributed by atoms with Crippen LogP contribution in [0.15, 0.2) is 61.2 Å². The maximum absolute atomic E-state index is 12.2. The van der Waals surface area contributed by atoms with Crippen molar-refractivity contribution in [3.63, 3.8) is 0 Å². The molecular weight excluding hydrogens is 370 g/mol. The van der Waals surface area contributed by atoms with Crippen LogP contribution < -0.4 is 20.7 Å². The van der Waals surface area contributed by atoms with Crippen LogP contribution in [0.25, 0.3) is 0 Å². The van der Waals surface area contributed by atoms with Crippen LogP contribution >= 0.6 is 0 Å². The minimum absolute atomic E-state index is 0.0796. The summed E-state index contributed by atoms with van der Waals surface area (Å²) < 4.78 is 10.5. The third-order valence-electron chi connectivity index (χ3n) is 3.92. The molecule has 2 amide bonds. The van der Waals surface area contributed by atoms with Crippen molar-refractivity contribution in [3.8, 4) is 5.75 Å². The molecule has 0 heterocycles. The molecule has 0 aromatic heterocycles. The normalized spacial score (nSPS) is 10.1. The SMILES string of the molecule is C=CCOc1ccccc1NCC(=O)Nc1ccc(C(=O)NCCCOC)cc1. The van der Waals surface area contributed by atoms with Crippen LogP contribution in [0.5, 0.6) is 5.75 Å². The zero-order valence-corrected chi connectivity index (χ0v) is 16.6. The zero-order valence-electron chi connectivity index (χ0n) is 16.6. The third-order valence-corrected chi connectivity index (χ3v) is 3.92. The van der Waals surface area contributed by atoms with Crippen LogP contribution in [0.1, 0.15) is 16.8 Å². The number of benzene rings is 2. The Balaban J connectivity index is 1.82. The van der Waals surface area contributed by atoms with Crippen LogP contribution in [-0.4, -0.2) is 45.2 Å². The van der Waals surface area contributed by atoms with E-state index in [4.69, 9.17) is 9.47 Å². The quantitative estimate of drug-likeness (QED) is 0.378. The minimum atomic E-state index is -0.208. The Bertz CT molecular complexity index is 806. The van der Waals surface area contributed by atoms with Crippen molar-refractivity contribution in [3.05, 3.63) is 66.7 Å². The fraction of sp³-hybridized carbons (Fsp3) is 0.273. The number of para-hydroxylation sites is 2. The summed E-state index contributed by atoms with van der Waals surface area (Å²) in [5.74, 6) is 0.290. The van der Waals surface area contributed by atoms with E-state index in [1.54, 1.807) is 37.5 Å². The van der Waals surface area contributed by atoms with Gasteiger partial charge >= 0.3 is 0 Å². The van der Waals surface area contributed by atoms with E-state index >= 15 is 0 Å². The van der Waals surface area contributed by atoms with Gasteiger partial charge in [-0.2, -0.15) is 0 Å². The minimum Gasteiger partial charge on any atom is -0.487 e. The first-order chi connectivity index (χ1) is 14.1. The van der Waals surface area contributed by atoms with Crippen molar-refractivity contribution in [1.29, 1.82) is 0 Å². The molecule has 3 N–H and O–H groups in total. The smallest absolute Gasteiger partial charge is 0.251 e. The second-order valence-electron chi connectivity index (χ2n) is 6.18. The van der Waals surface area contributed by atoms with Gasteiger partial charge in [0.25, 0.3) is 5.91 Å². The molecule has 0 saturated carbocycles. The van der Waals surface area contributed by atoms with Crippen molar-refractivity contribution in [1.82, 2.24) is 5.32 Å². The summed E-state index contributed by atoms with van der Waals surface area (Å²) >= 11 is 0. The van der Waals surface area contributed by atoms with E-state index in [1.807, 2.05) is 24.3 Å². The summed E-state index contributed by atoms with van der Waals surface area (Å²) in [5, 5.41) is 8.67. The number of hydrogen-bond acceptors (Lipinski definition) is 5. The highest BCUT2D eigenvalue weighted by molar-refractivity contribution is 5.96. The Morgan fingerprint density at radius 3 is 2.59 bits per heavy atom. The molecule has 0 bridgehead atoms. The summed E-state index contributed by atoms with van der Waals surface area (Å²) in [7, 11) is 1.62. The Kier molecular flexibility index (Phi) is 9.24. The predicted octanol–water partition coefficient (Wildman–Crippen LogP) is 3.07. The number of methoxy groups -OCH3 is 1. The molecule has 0 aliphatic carbocycles. The Hall–Kier alpha value is -3.32. The summed E-state index contributed by atoms with van der Waals surface area (Å²) in [6.07, 6.45) is 2.41. The number of rotatable bonds is 12. The zero-order chi connectivity index (χ0) is 20.9. The first kappa shape index (κ1) is 22.0. The maximum Gasteiger partial charge on any atom is 0.251 e. The number of carbonyl (C=O) groups is 2. The average molecular weight is 397 g/mol. The van der Waals surface area contributed by atoms with E-state index in [0.717, 1.165) is 12.1 Å². The third kappa shape index (κ3) is 7.67. The molecule has 154 valence electrons. The number of carbonyl (C=O) groups excluding carboxylic acids is 2. The van der Waals surface area contributed by atoms with Crippen molar-refractivity contribution >= 4 is 23.2 Å². The fourth-order valence-corrected chi connectivity index (χ4v) is 2.49. The fourth-order valence-electron chi connectivity index (χ4n) is 2.49. The van der Waals surface area contributed by atoms with Crippen molar-refractivity contribution in [2.45, 2.75) is 6.42 Å². The molecule has 0 atom stereocenters. The lowest BCUT2D eigenvalue weighted by Gasteiger charge is -2.12. The van der Waals surface area contributed by atoms with Gasteiger partial charge in [0.1, 0.15) is 12.4 Å². The lowest BCUT2D eigenvalue weighted by atomic mass is 10.2. The second kappa shape index (κ2) is 12.2. The molecule has 7 heteroatoms. The van der Waals surface area contributed by atoms with Crippen LogP contribution in [0.2, 0.25) is 0 Å². The molecule has 0 aliphatic heterocycles. The molecule has 2 aromatic carbocycles. The molecule has 29 heavy (non-hydrogen) atoms. The molecule has 0 saturated heterocycles. The van der Waals surface area contributed by atoms with Gasteiger partial charge in [0.2, 0.25) is 5.91 Å². The lowest BCUT2D eigenvalue weighted by Crippen LogP contribution is -2.25. The standard InChI is InChI=1S/C22H27N3O4/c1-3-14-29-20-8-5-4-7-19(20)24-16-21(26)25-18-11-9-17(10-12-18)22(27)23-13-6-15-28-2/h3-5,7-12,24H,1,6,13-16H2,2H3,(H,23,27)(H,25,26). The van der Waals surface area contributed by atoms with Crippen LogP contribution in [-0.2, 0) is 9.53 Å². The van der Waals surface area contributed by atoms with Gasteiger partial charge in [-0.3, -0.25) is 9.59 Å². The summed E-state index contributed by atoms with van der Waals surface area (Å²) in [6, 6.07) is 14.1. The van der Waals surface area contributed by atoms with Crippen LogP contribution in [0, 0.1) is 0 Å². The predicted molar refractivity (Wildman–Crippen MR) is 115 cm³/mol. The van der Waals surface area contributed by atoms with E-state index in [2.05, 4.69) is 22.5 Å². The van der Waals surface area contributed by atoms with Gasteiger partial charge in [0.15, 0.2) is 0 Å². The molecule has 0 unspecified atom stereocenters. The average Bonchev–Trinajstić information content (AvgIpc) is 2.74. The van der Waals surface area contributed by atoms with E-state index in [-0.39, 0.29) is 18.4 Å². The highest BCUT2D eigenvalue weighted by Crippen LogP contribution is 2.23. The van der Waals surface area contributed by atoms with Crippen molar-refractivity contribution in [2.75, 3.05) is 44.0 Å². The monoisotopic (exact) mass is 397 g/mol. The van der Waals surface area contributed by atoms with Crippen LogP contribution in [0.4, 0.5) is 11.4 Å². The summed E-state index contributed by atoms with van der Waals surface area (Å²) in [6.45, 7) is 5.24. The molecule has 7 nitrogen and oxygen atoms in total. The van der Waals surface area contributed by atoms with E-state index in [1.165, 1.54) is 0 Å². The van der Waals surface area contributed by atoms with Crippen LogP contribution in [0.3, 0.4) is 0 Å². The first-order valence-electron chi connectivity index (χ1n) is 9.37. The lowest BCUT2D eigenvalue weighted by molar-refractivity contribution is -0.114. The number of amides is 2. The molecule has 0 radical (unpaired) electrons. The largest absolute Gasteiger partial charge is 0.487 e. The molecular formula is C22H27N3O4. The van der Waals surface area contributed by atoms with Crippen molar-refractivity contribution < 1.29 is 19.1 Å². The second-order valence-corrected chi connectivity index (χ2v) is 6.18. The van der Waals surface area contributed by atoms with Gasteiger partial charge in [-0.1, -0.05) is 24.8 Å². The van der Waals surface area contributed by atoms with E-state index in [0.29, 0.717) is 36.8 Å². The topological polar surface area (TPSA) is 88.7 Å². The number of anilines is 2. The summed E-state index contributed by atoms with van der Waals surface area (Å²) in [4.78, 5) is 24.3. The Labute approximate surface area is 171 Å². The molecule has 2 rings (SSSR count). The highest BCUT2D eigenvalue weighted by atomic mass is 16.5. The van der Waals surface area contributed by atoms with Gasteiger partial charge in [-0.15, -0.1) is 0 Å².